The van der Waals surface area contributed by atoms with Crippen LogP contribution in [0.15, 0.2) is 27.8 Å². The van der Waals surface area contributed by atoms with Crippen LogP contribution in [0, 0.1) is 0 Å². The van der Waals surface area contributed by atoms with E-state index in [2.05, 4.69) is 41.4 Å². The molecule has 2 aromatic rings. The van der Waals surface area contributed by atoms with E-state index in [0.717, 1.165) is 28.9 Å². The van der Waals surface area contributed by atoms with E-state index in [0.29, 0.717) is 25.1 Å². The standard InChI is InChI=1S/C16H19BrN6O3/c1-24-13-4-3-11(9-12(13)17)10-18-22-14-19-15(21-16(20-14)25-2)23-5-7-26-8-6-23/h3-4,9-10H,5-8H2,1-2H3,(H,19,20,21,22)/b18-10+. The van der Waals surface area contributed by atoms with Crippen molar-refractivity contribution in [3.05, 3.63) is 28.2 Å². The van der Waals surface area contributed by atoms with Crippen LogP contribution in [0.4, 0.5) is 11.9 Å². The summed E-state index contributed by atoms with van der Waals surface area (Å²) in [6, 6.07) is 5.87. The third-order valence-electron chi connectivity index (χ3n) is 3.63. The van der Waals surface area contributed by atoms with Crippen molar-refractivity contribution in [2.75, 3.05) is 50.8 Å². The first kappa shape index (κ1) is 18.3. The quantitative estimate of drug-likeness (QED) is 0.557. The van der Waals surface area contributed by atoms with Crippen LogP contribution in [0.3, 0.4) is 0 Å². The summed E-state index contributed by atoms with van der Waals surface area (Å²) in [5, 5.41) is 4.18. The van der Waals surface area contributed by atoms with Crippen molar-refractivity contribution in [2.45, 2.75) is 0 Å². The van der Waals surface area contributed by atoms with Gasteiger partial charge in [-0.3, -0.25) is 0 Å². The van der Waals surface area contributed by atoms with Crippen LogP contribution in [-0.2, 0) is 4.74 Å². The molecule has 0 bridgehead atoms. The Labute approximate surface area is 159 Å². The third-order valence-corrected chi connectivity index (χ3v) is 4.25. The lowest BCUT2D eigenvalue weighted by atomic mass is 10.2. The van der Waals surface area contributed by atoms with Gasteiger partial charge in [0.2, 0.25) is 5.95 Å². The average Bonchev–Trinajstić information content (AvgIpc) is 2.68. The van der Waals surface area contributed by atoms with E-state index >= 15 is 0 Å². The SMILES string of the molecule is COc1nc(N/N=C/c2ccc(OC)c(Br)c2)nc(N2CCOCC2)n1. The number of benzene rings is 1. The molecular formula is C16H19BrN6O3. The predicted octanol–water partition coefficient (Wildman–Crippen LogP) is 1.93. The van der Waals surface area contributed by atoms with E-state index < -0.39 is 0 Å². The first-order valence-electron chi connectivity index (χ1n) is 7.95. The molecule has 0 unspecified atom stereocenters. The number of halogens is 1. The van der Waals surface area contributed by atoms with E-state index in [4.69, 9.17) is 14.2 Å². The summed E-state index contributed by atoms with van der Waals surface area (Å²) >= 11 is 3.44. The van der Waals surface area contributed by atoms with Gasteiger partial charge in [0.05, 0.1) is 38.1 Å². The average molecular weight is 423 g/mol. The van der Waals surface area contributed by atoms with Crippen molar-refractivity contribution in [3.63, 3.8) is 0 Å². The molecule has 1 N–H and O–H groups in total. The second kappa shape index (κ2) is 8.77. The number of rotatable bonds is 6. The Kier molecular flexibility index (Phi) is 6.18. The van der Waals surface area contributed by atoms with E-state index in [1.165, 1.54) is 7.11 Å². The smallest absolute Gasteiger partial charge is 0.322 e. The molecule has 0 aliphatic carbocycles. The van der Waals surface area contributed by atoms with E-state index in [1.807, 2.05) is 23.1 Å². The first-order valence-corrected chi connectivity index (χ1v) is 8.74. The van der Waals surface area contributed by atoms with Gasteiger partial charge in [0.25, 0.3) is 5.95 Å². The number of methoxy groups -OCH3 is 2. The molecule has 0 radical (unpaired) electrons. The molecule has 0 saturated carbocycles. The number of aromatic nitrogens is 3. The second-order valence-corrected chi connectivity index (χ2v) is 6.16. The maximum Gasteiger partial charge on any atom is 0.322 e. The number of hydrazone groups is 1. The maximum absolute atomic E-state index is 5.35. The first-order chi connectivity index (χ1) is 12.7. The number of nitrogens with one attached hydrogen (secondary N) is 1. The zero-order valence-electron chi connectivity index (χ0n) is 14.5. The number of nitrogens with zero attached hydrogens (tertiary/aromatic N) is 5. The Morgan fingerprint density at radius 2 is 2.00 bits per heavy atom. The third kappa shape index (κ3) is 4.58. The lowest BCUT2D eigenvalue weighted by Gasteiger charge is -2.26. The Balaban J connectivity index is 1.73. The highest BCUT2D eigenvalue weighted by Crippen LogP contribution is 2.24. The lowest BCUT2D eigenvalue weighted by Crippen LogP contribution is -2.37. The van der Waals surface area contributed by atoms with Gasteiger partial charge in [0.15, 0.2) is 0 Å². The fraction of sp³-hybridized carbons (Fsp3) is 0.375. The van der Waals surface area contributed by atoms with Crippen molar-refractivity contribution in [2.24, 2.45) is 5.10 Å². The van der Waals surface area contributed by atoms with Gasteiger partial charge in [0.1, 0.15) is 5.75 Å². The minimum absolute atomic E-state index is 0.228. The van der Waals surface area contributed by atoms with E-state index in [9.17, 15) is 0 Å². The van der Waals surface area contributed by atoms with Crippen LogP contribution in [0.25, 0.3) is 0 Å². The second-order valence-electron chi connectivity index (χ2n) is 5.31. The largest absolute Gasteiger partial charge is 0.496 e. The molecule has 1 saturated heterocycles. The molecule has 138 valence electrons. The summed E-state index contributed by atoms with van der Waals surface area (Å²) in [5.74, 6) is 1.60. The molecule has 10 heteroatoms. The molecule has 2 heterocycles. The van der Waals surface area contributed by atoms with Gasteiger partial charge in [-0.15, -0.1) is 0 Å². The van der Waals surface area contributed by atoms with Crippen LogP contribution in [-0.4, -0.2) is 61.7 Å². The van der Waals surface area contributed by atoms with Gasteiger partial charge >= 0.3 is 6.01 Å². The maximum atomic E-state index is 5.35. The zero-order valence-corrected chi connectivity index (χ0v) is 16.1. The summed E-state index contributed by atoms with van der Waals surface area (Å²) in [5.41, 5.74) is 3.71. The van der Waals surface area contributed by atoms with Crippen molar-refractivity contribution < 1.29 is 14.2 Å². The molecule has 0 amide bonds. The van der Waals surface area contributed by atoms with Gasteiger partial charge in [-0.1, -0.05) is 0 Å². The van der Waals surface area contributed by atoms with Crippen molar-refractivity contribution in [3.8, 4) is 11.8 Å². The van der Waals surface area contributed by atoms with E-state index in [-0.39, 0.29) is 6.01 Å². The molecule has 26 heavy (non-hydrogen) atoms. The monoisotopic (exact) mass is 422 g/mol. The summed E-state index contributed by atoms with van der Waals surface area (Å²) in [6.45, 7) is 2.72. The molecule has 1 aliphatic heterocycles. The van der Waals surface area contributed by atoms with Crippen LogP contribution >= 0.6 is 15.9 Å². The minimum atomic E-state index is 0.228. The molecule has 1 aromatic heterocycles. The lowest BCUT2D eigenvalue weighted by molar-refractivity contribution is 0.122. The highest BCUT2D eigenvalue weighted by Gasteiger charge is 2.16. The molecular weight excluding hydrogens is 404 g/mol. The number of ether oxygens (including phenoxy) is 3. The summed E-state index contributed by atoms with van der Waals surface area (Å²) in [7, 11) is 3.13. The van der Waals surface area contributed by atoms with Crippen LogP contribution in [0.2, 0.25) is 0 Å². The minimum Gasteiger partial charge on any atom is -0.496 e. The Hall–Kier alpha value is -2.46. The van der Waals surface area contributed by atoms with Crippen LogP contribution in [0.1, 0.15) is 5.56 Å². The Bertz CT molecular complexity index is 783. The highest BCUT2D eigenvalue weighted by atomic mass is 79.9. The summed E-state index contributed by atoms with van der Waals surface area (Å²) in [4.78, 5) is 14.9. The fourth-order valence-corrected chi connectivity index (χ4v) is 2.88. The van der Waals surface area contributed by atoms with Crippen molar-refractivity contribution in [1.29, 1.82) is 0 Å². The van der Waals surface area contributed by atoms with Gasteiger partial charge in [-0.2, -0.15) is 20.1 Å². The normalized spacial score (nSPS) is 14.5. The number of anilines is 2. The number of hydrogen-bond donors (Lipinski definition) is 1. The molecule has 1 aromatic carbocycles. The summed E-state index contributed by atoms with van der Waals surface area (Å²) < 4.78 is 16.6. The Morgan fingerprint density at radius 1 is 1.19 bits per heavy atom. The number of morpholine rings is 1. The molecule has 0 atom stereocenters. The predicted molar refractivity (Wildman–Crippen MR) is 101 cm³/mol. The van der Waals surface area contributed by atoms with Crippen molar-refractivity contribution in [1.82, 2.24) is 15.0 Å². The van der Waals surface area contributed by atoms with Gasteiger partial charge in [-0.05, 0) is 39.7 Å². The van der Waals surface area contributed by atoms with Gasteiger partial charge in [-0.25, -0.2) is 5.43 Å². The van der Waals surface area contributed by atoms with Gasteiger partial charge in [0, 0.05) is 13.1 Å². The highest BCUT2D eigenvalue weighted by molar-refractivity contribution is 9.10. The molecule has 1 aliphatic rings. The molecule has 3 rings (SSSR count). The number of hydrogen-bond acceptors (Lipinski definition) is 9. The van der Waals surface area contributed by atoms with Crippen molar-refractivity contribution >= 4 is 34.0 Å². The topological polar surface area (TPSA) is 94.0 Å². The molecule has 9 nitrogen and oxygen atoms in total. The molecule has 0 spiro atoms. The summed E-state index contributed by atoms with van der Waals surface area (Å²) in [6.07, 6.45) is 1.66. The van der Waals surface area contributed by atoms with E-state index in [1.54, 1.807) is 13.3 Å². The van der Waals surface area contributed by atoms with Crippen LogP contribution in [0.5, 0.6) is 11.8 Å². The van der Waals surface area contributed by atoms with Gasteiger partial charge < -0.3 is 19.1 Å². The fourth-order valence-electron chi connectivity index (χ4n) is 2.32. The zero-order chi connectivity index (χ0) is 18.4. The Morgan fingerprint density at radius 3 is 2.69 bits per heavy atom. The van der Waals surface area contributed by atoms with Crippen LogP contribution < -0.4 is 19.8 Å². The molecule has 1 fully saturated rings.